The second-order valence-corrected chi connectivity index (χ2v) is 12.9. The van der Waals surface area contributed by atoms with Crippen molar-refractivity contribution in [1.29, 1.82) is 0 Å². The fourth-order valence-electron chi connectivity index (χ4n) is 5.33. The van der Waals surface area contributed by atoms with Gasteiger partial charge in [0.05, 0.1) is 25.4 Å². The number of nitrogens with one attached hydrogen (secondary N) is 2. The average molecular weight is 685 g/mol. The Balaban J connectivity index is 3.53. The minimum absolute atomic E-state index is 0.0159. The van der Waals surface area contributed by atoms with Gasteiger partial charge in [-0.05, 0) is 53.4 Å². The van der Waals surface area contributed by atoms with Crippen LogP contribution in [0.5, 0.6) is 0 Å². The topological polar surface area (TPSA) is 129 Å². The van der Waals surface area contributed by atoms with Crippen molar-refractivity contribution < 1.29 is 38.1 Å². The highest BCUT2D eigenvalue weighted by Gasteiger charge is 2.16. The molecule has 0 radical (unpaired) electrons. The van der Waals surface area contributed by atoms with Gasteiger partial charge in [0.1, 0.15) is 13.2 Å². The molecule has 0 saturated carbocycles. The maximum absolute atomic E-state index is 12.1. The number of carbonyl (C=O) groups is 4. The van der Waals surface area contributed by atoms with Crippen LogP contribution in [-0.4, -0.2) is 75.5 Å². The zero-order chi connectivity index (χ0) is 35.5. The molecule has 0 aromatic rings. The van der Waals surface area contributed by atoms with Crippen molar-refractivity contribution in [3.8, 4) is 0 Å². The number of hydrogen-bond donors (Lipinski definition) is 2. The molecule has 0 saturated heterocycles. The van der Waals surface area contributed by atoms with E-state index in [-0.39, 0.29) is 49.2 Å². The van der Waals surface area contributed by atoms with E-state index in [9.17, 15) is 19.2 Å². The van der Waals surface area contributed by atoms with E-state index < -0.39 is 0 Å². The van der Waals surface area contributed by atoms with Gasteiger partial charge in [-0.25, -0.2) is 0 Å². The van der Waals surface area contributed by atoms with Gasteiger partial charge in [0, 0.05) is 25.9 Å². The minimum Gasteiger partial charge on any atom is -0.466 e. The number of esters is 2. The van der Waals surface area contributed by atoms with Crippen LogP contribution in [0.1, 0.15) is 169 Å². The maximum Gasteiger partial charge on any atom is 0.305 e. The van der Waals surface area contributed by atoms with Gasteiger partial charge < -0.3 is 29.6 Å². The summed E-state index contributed by atoms with van der Waals surface area (Å²) in [5.41, 5.74) is 0. The first-order chi connectivity index (χ1) is 23.3. The van der Waals surface area contributed by atoms with Gasteiger partial charge in [0.15, 0.2) is 0 Å². The quantitative estimate of drug-likeness (QED) is 0.0513. The zero-order valence-corrected chi connectivity index (χ0v) is 31.2. The average Bonchev–Trinajstić information content (AvgIpc) is 3.06. The largest absolute Gasteiger partial charge is 0.466 e. The summed E-state index contributed by atoms with van der Waals surface area (Å²) in [6.07, 6.45) is 23.2. The molecular weight excluding hydrogens is 612 g/mol. The molecule has 0 heterocycles. The van der Waals surface area contributed by atoms with Gasteiger partial charge in [-0.1, -0.05) is 103 Å². The molecule has 0 aromatic heterocycles. The molecule has 0 spiro atoms. The van der Waals surface area contributed by atoms with Crippen molar-refractivity contribution in [2.75, 3.05) is 39.5 Å². The fourth-order valence-corrected chi connectivity index (χ4v) is 5.33. The molecule has 0 aromatic carbocycles. The van der Waals surface area contributed by atoms with E-state index in [1.165, 1.54) is 77.0 Å². The molecule has 0 bridgehead atoms. The predicted molar refractivity (Wildman–Crippen MR) is 192 cm³/mol. The number of carbonyl (C=O) groups excluding carboxylic acids is 4. The molecule has 2 amide bonds. The molecule has 0 aliphatic carbocycles. The van der Waals surface area contributed by atoms with Crippen LogP contribution in [0.25, 0.3) is 0 Å². The van der Waals surface area contributed by atoms with Crippen molar-refractivity contribution >= 4 is 23.8 Å². The second kappa shape index (κ2) is 34.7. The van der Waals surface area contributed by atoms with E-state index >= 15 is 0 Å². The van der Waals surface area contributed by atoms with Gasteiger partial charge in [-0.3, -0.25) is 19.2 Å². The van der Waals surface area contributed by atoms with Crippen molar-refractivity contribution in [2.24, 2.45) is 0 Å². The first-order valence-corrected chi connectivity index (χ1v) is 19.4. The Morgan fingerprint density at radius 2 is 0.708 bits per heavy atom. The SMILES string of the molecule is CCOC(=O)CCCCCCCCCCCCNC(=O)CO[C@H](C)[C@@H](C)OCC(=O)NCCCCCCCCCCCCC(=O)OCC. The Morgan fingerprint density at radius 3 is 1.00 bits per heavy atom. The highest BCUT2D eigenvalue weighted by atomic mass is 16.5. The molecule has 0 rings (SSSR count). The summed E-state index contributed by atoms with van der Waals surface area (Å²) in [4.78, 5) is 46.9. The molecule has 10 nitrogen and oxygen atoms in total. The van der Waals surface area contributed by atoms with E-state index in [1.54, 1.807) is 0 Å². The number of amides is 2. The predicted octanol–water partition coefficient (Wildman–Crippen LogP) is 7.74. The van der Waals surface area contributed by atoms with Gasteiger partial charge in [-0.2, -0.15) is 0 Å². The Morgan fingerprint density at radius 1 is 0.438 bits per heavy atom. The summed E-state index contributed by atoms with van der Waals surface area (Å²) in [6.45, 7) is 9.59. The number of rotatable bonds is 35. The Kier molecular flexibility index (Phi) is 33.1. The lowest BCUT2D eigenvalue weighted by atomic mass is 10.1. The first kappa shape index (κ1) is 45.8. The summed E-state index contributed by atoms with van der Waals surface area (Å²) in [7, 11) is 0. The molecule has 2 atom stereocenters. The van der Waals surface area contributed by atoms with E-state index in [1.807, 2.05) is 27.7 Å². The highest BCUT2D eigenvalue weighted by molar-refractivity contribution is 5.77. The van der Waals surface area contributed by atoms with E-state index in [2.05, 4.69) is 10.6 Å². The van der Waals surface area contributed by atoms with Crippen LogP contribution >= 0.6 is 0 Å². The number of ether oxygens (including phenoxy) is 4. The van der Waals surface area contributed by atoms with E-state index in [0.717, 1.165) is 51.4 Å². The molecule has 0 unspecified atom stereocenters. The minimum atomic E-state index is -0.300. The van der Waals surface area contributed by atoms with Crippen molar-refractivity contribution in [1.82, 2.24) is 10.6 Å². The Hall–Kier alpha value is -2.20. The first-order valence-electron chi connectivity index (χ1n) is 19.4. The lowest BCUT2D eigenvalue weighted by molar-refractivity contribution is -0.144. The molecule has 48 heavy (non-hydrogen) atoms. The van der Waals surface area contributed by atoms with Crippen LogP contribution in [-0.2, 0) is 38.1 Å². The lowest BCUT2D eigenvalue weighted by Gasteiger charge is -2.20. The summed E-state index contributed by atoms with van der Waals surface area (Å²) < 4.78 is 21.2. The van der Waals surface area contributed by atoms with Crippen LogP contribution in [0.2, 0.25) is 0 Å². The van der Waals surface area contributed by atoms with Crippen LogP contribution in [0, 0.1) is 0 Å². The monoisotopic (exact) mass is 685 g/mol. The molecule has 2 N–H and O–H groups in total. The second-order valence-electron chi connectivity index (χ2n) is 12.9. The van der Waals surface area contributed by atoms with Crippen LogP contribution in [0.3, 0.4) is 0 Å². The normalized spacial score (nSPS) is 12.3. The standard InChI is InChI=1S/C38H72N2O8/c1-5-45-37(43)27-23-19-15-11-7-9-13-17-21-25-29-39-35(41)31-47-33(3)34(4)48-32-36(42)40-30-26-22-18-14-10-8-12-16-20-24-28-38(44)46-6-2/h33-34H,5-32H2,1-4H3,(H,39,41)(H,40,42)/t33-,34-/m1/s1. The third kappa shape index (κ3) is 32.4. The molecule has 282 valence electrons. The third-order valence-corrected chi connectivity index (χ3v) is 8.49. The van der Waals surface area contributed by atoms with Gasteiger partial charge >= 0.3 is 11.9 Å². The summed E-state index contributed by atoms with van der Waals surface area (Å²) in [5.74, 6) is -0.418. The smallest absolute Gasteiger partial charge is 0.305 e. The summed E-state index contributed by atoms with van der Waals surface area (Å²) in [5, 5.41) is 5.84. The third-order valence-electron chi connectivity index (χ3n) is 8.49. The highest BCUT2D eigenvalue weighted by Crippen LogP contribution is 2.13. The Bertz CT molecular complexity index is 731. The molecule has 0 fully saturated rings. The van der Waals surface area contributed by atoms with Crippen molar-refractivity contribution in [2.45, 2.75) is 181 Å². The van der Waals surface area contributed by atoms with Crippen LogP contribution < -0.4 is 10.6 Å². The van der Waals surface area contributed by atoms with Gasteiger partial charge in [-0.15, -0.1) is 0 Å². The Labute approximate surface area is 292 Å². The van der Waals surface area contributed by atoms with Crippen LogP contribution in [0.4, 0.5) is 0 Å². The summed E-state index contributed by atoms with van der Waals surface area (Å²) >= 11 is 0. The van der Waals surface area contributed by atoms with Gasteiger partial charge in [0.25, 0.3) is 0 Å². The maximum atomic E-state index is 12.1. The molecular formula is C38H72N2O8. The van der Waals surface area contributed by atoms with Crippen LogP contribution in [0.15, 0.2) is 0 Å². The molecule has 0 aliphatic rings. The van der Waals surface area contributed by atoms with Gasteiger partial charge in [0.2, 0.25) is 11.8 Å². The van der Waals surface area contributed by atoms with Crippen molar-refractivity contribution in [3.05, 3.63) is 0 Å². The summed E-state index contributed by atoms with van der Waals surface area (Å²) in [6, 6.07) is 0. The zero-order valence-electron chi connectivity index (χ0n) is 31.2. The number of unbranched alkanes of at least 4 members (excludes halogenated alkanes) is 18. The molecule has 10 heteroatoms. The number of hydrogen-bond acceptors (Lipinski definition) is 8. The fraction of sp³-hybridized carbons (Fsp3) is 0.895. The van der Waals surface area contributed by atoms with E-state index in [0.29, 0.717) is 39.1 Å². The molecule has 0 aliphatic heterocycles. The van der Waals surface area contributed by atoms with E-state index in [4.69, 9.17) is 18.9 Å². The van der Waals surface area contributed by atoms with Crippen molar-refractivity contribution in [3.63, 3.8) is 0 Å². The lowest BCUT2D eigenvalue weighted by Crippen LogP contribution is -2.36.